The summed E-state index contributed by atoms with van der Waals surface area (Å²) >= 11 is 0. The van der Waals surface area contributed by atoms with Crippen LogP contribution in [0.15, 0.2) is 42.5 Å². The maximum atomic E-state index is 12.2. The van der Waals surface area contributed by atoms with Crippen molar-refractivity contribution in [1.29, 1.82) is 0 Å². The Morgan fingerprint density at radius 3 is 2.43 bits per heavy atom. The molecular weight excluding hydrogens is 356 g/mol. The van der Waals surface area contributed by atoms with Gasteiger partial charge in [-0.3, -0.25) is 9.59 Å². The molecule has 0 spiro atoms. The van der Waals surface area contributed by atoms with E-state index in [9.17, 15) is 9.59 Å². The summed E-state index contributed by atoms with van der Waals surface area (Å²) in [4.78, 5) is 24.2. The monoisotopic (exact) mass is 382 g/mol. The van der Waals surface area contributed by atoms with Gasteiger partial charge in [0.2, 0.25) is 11.8 Å². The van der Waals surface area contributed by atoms with Crippen LogP contribution in [0.3, 0.4) is 0 Å². The molecule has 0 aromatic heterocycles. The summed E-state index contributed by atoms with van der Waals surface area (Å²) in [5.74, 6) is 1.45. The molecular formula is C22H26N2O4. The molecule has 1 aliphatic rings. The number of nitrogens with one attached hydrogen (secondary N) is 2. The zero-order valence-electron chi connectivity index (χ0n) is 16.5. The highest BCUT2D eigenvalue weighted by atomic mass is 16.5. The molecule has 2 aromatic rings. The molecule has 1 aliphatic heterocycles. The average Bonchev–Trinajstić information content (AvgIpc) is 2.89. The summed E-state index contributed by atoms with van der Waals surface area (Å²) in [6.07, 6.45) is 0.963. The molecule has 0 unspecified atom stereocenters. The highest BCUT2D eigenvalue weighted by Crippen LogP contribution is 2.38. The molecule has 0 aliphatic carbocycles. The van der Waals surface area contributed by atoms with Crippen LogP contribution < -0.4 is 20.1 Å². The number of rotatable bonds is 8. The highest BCUT2D eigenvalue weighted by Gasteiger charge is 2.38. The van der Waals surface area contributed by atoms with Gasteiger partial charge in [0.05, 0.1) is 18.6 Å². The van der Waals surface area contributed by atoms with Crippen molar-refractivity contribution in [3.05, 3.63) is 48.0 Å². The van der Waals surface area contributed by atoms with Gasteiger partial charge in [-0.2, -0.15) is 0 Å². The van der Waals surface area contributed by atoms with E-state index >= 15 is 0 Å². The van der Waals surface area contributed by atoms with E-state index in [2.05, 4.69) is 10.6 Å². The summed E-state index contributed by atoms with van der Waals surface area (Å²) in [5, 5.41) is 5.75. The van der Waals surface area contributed by atoms with Gasteiger partial charge in [-0.1, -0.05) is 0 Å². The maximum absolute atomic E-state index is 12.2. The molecule has 0 fully saturated rings. The molecule has 0 atom stereocenters. The minimum Gasteiger partial charge on any atom is -0.494 e. The number of carbonyl (C=O) groups excluding carboxylic acids is 2. The van der Waals surface area contributed by atoms with Gasteiger partial charge in [0.15, 0.2) is 0 Å². The maximum Gasteiger partial charge on any atom is 0.234 e. The van der Waals surface area contributed by atoms with Crippen molar-refractivity contribution in [2.75, 3.05) is 23.8 Å². The van der Waals surface area contributed by atoms with Gasteiger partial charge in [0.1, 0.15) is 11.5 Å². The first-order valence-electron chi connectivity index (χ1n) is 9.51. The van der Waals surface area contributed by atoms with Crippen LogP contribution in [0.5, 0.6) is 11.5 Å². The normalized spacial score (nSPS) is 14.2. The third-order valence-electron chi connectivity index (χ3n) is 4.74. The molecule has 2 N–H and O–H groups in total. The van der Waals surface area contributed by atoms with Crippen molar-refractivity contribution in [2.45, 2.75) is 39.0 Å². The summed E-state index contributed by atoms with van der Waals surface area (Å²) in [6.45, 7) is 6.77. The van der Waals surface area contributed by atoms with E-state index in [0.29, 0.717) is 31.7 Å². The number of carbonyl (C=O) groups is 2. The Kier molecular flexibility index (Phi) is 5.87. The van der Waals surface area contributed by atoms with Crippen LogP contribution in [0.2, 0.25) is 0 Å². The minimum atomic E-state index is -0.596. The fourth-order valence-electron chi connectivity index (χ4n) is 3.09. The van der Waals surface area contributed by atoms with E-state index in [0.717, 1.165) is 22.7 Å². The van der Waals surface area contributed by atoms with Crippen molar-refractivity contribution in [3.8, 4) is 11.5 Å². The van der Waals surface area contributed by atoms with Crippen LogP contribution in [-0.2, 0) is 15.0 Å². The second-order valence-electron chi connectivity index (χ2n) is 7.24. The van der Waals surface area contributed by atoms with E-state index in [4.69, 9.17) is 9.47 Å². The molecule has 0 saturated heterocycles. The van der Waals surface area contributed by atoms with Gasteiger partial charge in [-0.25, -0.2) is 0 Å². The lowest BCUT2D eigenvalue weighted by Gasteiger charge is -2.16. The summed E-state index contributed by atoms with van der Waals surface area (Å²) in [7, 11) is 0. The largest absolute Gasteiger partial charge is 0.494 e. The Morgan fingerprint density at radius 1 is 1.07 bits per heavy atom. The Balaban J connectivity index is 1.45. The Morgan fingerprint density at radius 2 is 1.75 bits per heavy atom. The summed E-state index contributed by atoms with van der Waals surface area (Å²) in [5.41, 5.74) is 1.80. The van der Waals surface area contributed by atoms with Crippen molar-refractivity contribution in [3.63, 3.8) is 0 Å². The number of fused-ring (bicyclic) bond motifs is 1. The quantitative estimate of drug-likeness (QED) is 0.674. The first-order valence-corrected chi connectivity index (χ1v) is 9.51. The molecule has 2 aromatic carbocycles. The third-order valence-corrected chi connectivity index (χ3v) is 4.74. The molecule has 0 bridgehead atoms. The van der Waals surface area contributed by atoms with E-state index in [-0.39, 0.29) is 11.8 Å². The van der Waals surface area contributed by atoms with Crippen LogP contribution in [0.1, 0.15) is 39.2 Å². The van der Waals surface area contributed by atoms with E-state index in [1.807, 2.05) is 57.2 Å². The Labute approximate surface area is 165 Å². The second-order valence-corrected chi connectivity index (χ2v) is 7.24. The lowest BCUT2D eigenvalue weighted by molar-refractivity contribution is -0.119. The van der Waals surface area contributed by atoms with Gasteiger partial charge in [0.25, 0.3) is 0 Å². The van der Waals surface area contributed by atoms with Gasteiger partial charge < -0.3 is 20.1 Å². The zero-order chi connectivity index (χ0) is 20.1. The number of amides is 2. The summed E-state index contributed by atoms with van der Waals surface area (Å²) in [6, 6.07) is 12.9. The molecule has 28 heavy (non-hydrogen) atoms. The number of hydrogen-bond donors (Lipinski definition) is 2. The van der Waals surface area contributed by atoms with Gasteiger partial charge in [0, 0.05) is 17.8 Å². The van der Waals surface area contributed by atoms with Crippen LogP contribution in [0.4, 0.5) is 11.4 Å². The van der Waals surface area contributed by atoms with Crippen LogP contribution in [0.25, 0.3) is 0 Å². The van der Waals surface area contributed by atoms with E-state index in [1.165, 1.54) is 0 Å². The van der Waals surface area contributed by atoms with Gasteiger partial charge in [-0.05, 0) is 75.2 Å². The average molecular weight is 382 g/mol. The Bertz CT molecular complexity index is 859. The number of benzene rings is 2. The standard InChI is InChI=1S/C22H26N2O4/c1-4-27-16-8-10-17(11-9-16)28-13-5-6-20(25)23-15-7-12-19-18(14-15)22(2,3)21(26)24-19/h7-12,14H,4-6,13H2,1-3H3,(H,23,25)(H,24,26). The molecule has 148 valence electrons. The van der Waals surface area contributed by atoms with E-state index < -0.39 is 5.41 Å². The van der Waals surface area contributed by atoms with E-state index in [1.54, 1.807) is 6.07 Å². The molecule has 0 saturated carbocycles. The van der Waals surface area contributed by atoms with Crippen LogP contribution in [-0.4, -0.2) is 25.0 Å². The first kappa shape index (κ1) is 19.7. The molecule has 6 heteroatoms. The molecule has 2 amide bonds. The lowest BCUT2D eigenvalue weighted by Crippen LogP contribution is -2.26. The smallest absolute Gasteiger partial charge is 0.234 e. The fraction of sp³-hybridized carbons (Fsp3) is 0.364. The predicted octanol–water partition coefficient (Wildman–Crippen LogP) is 4.11. The van der Waals surface area contributed by atoms with Gasteiger partial charge in [-0.15, -0.1) is 0 Å². The SMILES string of the molecule is CCOc1ccc(OCCCC(=O)Nc2ccc3c(c2)C(C)(C)C(=O)N3)cc1. The minimum absolute atomic E-state index is 0.0302. The molecule has 0 radical (unpaired) electrons. The topological polar surface area (TPSA) is 76.7 Å². The van der Waals surface area contributed by atoms with Crippen molar-refractivity contribution in [2.24, 2.45) is 0 Å². The number of hydrogen-bond acceptors (Lipinski definition) is 4. The second kappa shape index (κ2) is 8.33. The highest BCUT2D eigenvalue weighted by molar-refractivity contribution is 6.06. The fourth-order valence-corrected chi connectivity index (χ4v) is 3.09. The zero-order valence-corrected chi connectivity index (χ0v) is 16.5. The van der Waals surface area contributed by atoms with Gasteiger partial charge >= 0.3 is 0 Å². The van der Waals surface area contributed by atoms with Crippen molar-refractivity contribution >= 4 is 23.2 Å². The molecule has 3 rings (SSSR count). The van der Waals surface area contributed by atoms with Crippen LogP contribution in [0, 0.1) is 0 Å². The van der Waals surface area contributed by atoms with Crippen LogP contribution >= 0.6 is 0 Å². The summed E-state index contributed by atoms with van der Waals surface area (Å²) < 4.78 is 11.0. The molecule has 1 heterocycles. The van der Waals surface area contributed by atoms with Crippen molar-refractivity contribution in [1.82, 2.24) is 0 Å². The molecule has 6 nitrogen and oxygen atoms in total. The van der Waals surface area contributed by atoms with Crippen molar-refractivity contribution < 1.29 is 19.1 Å². The first-order chi connectivity index (χ1) is 13.4. The predicted molar refractivity (Wildman–Crippen MR) is 109 cm³/mol. The number of anilines is 2. The number of ether oxygens (including phenoxy) is 2. The lowest BCUT2D eigenvalue weighted by atomic mass is 9.86. The Hall–Kier alpha value is -3.02. The third kappa shape index (κ3) is 4.44.